The molecular formula is C20H25N3O4S. The van der Waals surface area contributed by atoms with E-state index in [0.29, 0.717) is 18.0 Å². The van der Waals surface area contributed by atoms with Gasteiger partial charge in [0.1, 0.15) is 11.8 Å². The summed E-state index contributed by atoms with van der Waals surface area (Å²) in [5, 5.41) is 3.92. The first-order valence-corrected chi connectivity index (χ1v) is 10.7. The number of hydrazone groups is 1. The summed E-state index contributed by atoms with van der Waals surface area (Å²) >= 11 is 0. The van der Waals surface area contributed by atoms with Crippen LogP contribution in [0, 0.1) is 6.92 Å². The molecular weight excluding hydrogens is 378 g/mol. The molecule has 0 saturated heterocycles. The van der Waals surface area contributed by atoms with E-state index in [1.165, 1.54) is 13.1 Å². The second-order valence-corrected chi connectivity index (χ2v) is 8.17. The van der Waals surface area contributed by atoms with Gasteiger partial charge in [-0.3, -0.25) is 9.10 Å². The average molecular weight is 404 g/mol. The lowest BCUT2D eigenvalue weighted by molar-refractivity contribution is -0.121. The van der Waals surface area contributed by atoms with Gasteiger partial charge in [0, 0.05) is 0 Å². The van der Waals surface area contributed by atoms with Crippen LogP contribution in [0.2, 0.25) is 0 Å². The molecule has 150 valence electrons. The number of hydrogen-bond acceptors (Lipinski definition) is 5. The van der Waals surface area contributed by atoms with E-state index in [0.717, 1.165) is 21.7 Å². The molecule has 0 aliphatic carbocycles. The number of hydrogen-bond donors (Lipinski definition) is 1. The van der Waals surface area contributed by atoms with Crippen LogP contribution in [0.15, 0.2) is 53.6 Å². The number of ether oxygens (including phenoxy) is 1. The van der Waals surface area contributed by atoms with Crippen LogP contribution in [-0.4, -0.2) is 39.4 Å². The number of carbonyl (C=O) groups excluding carboxylic acids is 1. The maximum absolute atomic E-state index is 12.5. The van der Waals surface area contributed by atoms with Gasteiger partial charge in [0.2, 0.25) is 10.0 Å². The fraction of sp³-hybridized carbons (Fsp3) is 0.300. The van der Waals surface area contributed by atoms with Crippen molar-refractivity contribution in [2.75, 3.05) is 17.2 Å². The summed E-state index contributed by atoms with van der Waals surface area (Å²) in [6.45, 7) is 5.85. The minimum absolute atomic E-state index is 0.371. The lowest BCUT2D eigenvalue weighted by atomic mass is 10.2. The molecule has 8 heteroatoms. The molecule has 2 rings (SSSR count). The maximum atomic E-state index is 12.5. The summed E-state index contributed by atoms with van der Waals surface area (Å²) in [7, 11) is -3.69. The molecule has 1 atom stereocenters. The Morgan fingerprint density at radius 3 is 2.32 bits per heavy atom. The lowest BCUT2D eigenvalue weighted by Gasteiger charge is -2.27. The number of amides is 1. The molecule has 0 heterocycles. The van der Waals surface area contributed by atoms with Gasteiger partial charge in [0.15, 0.2) is 0 Å². The van der Waals surface area contributed by atoms with Crippen molar-refractivity contribution in [3.63, 3.8) is 0 Å². The molecule has 1 amide bonds. The molecule has 2 aromatic rings. The van der Waals surface area contributed by atoms with Crippen LogP contribution in [-0.2, 0) is 14.8 Å². The average Bonchev–Trinajstić information content (AvgIpc) is 2.64. The van der Waals surface area contributed by atoms with E-state index in [-0.39, 0.29) is 0 Å². The molecule has 0 fully saturated rings. The highest BCUT2D eigenvalue weighted by molar-refractivity contribution is 7.92. The van der Waals surface area contributed by atoms with Crippen LogP contribution < -0.4 is 14.5 Å². The van der Waals surface area contributed by atoms with Crippen molar-refractivity contribution in [3.05, 3.63) is 59.7 Å². The first-order valence-electron chi connectivity index (χ1n) is 8.84. The van der Waals surface area contributed by atoms with E-state index in [4.69, 9.17) is 4.74 Å². The third-order valence-corrected chi connectivity index (χ3v) is 5.20. The Bertz CT molecular complexity index is 923. The fourth-order valence-electron chi connectivity index (χ4n) is 2.58. The smallest absolute Gasteiger partial charge is 0.263 e. The van der Waals surface area contributed by atoms with Gasteiger partial charge in [0.25, 0.3) is 5.91 Å². The zero-order chi connectivity index (χ0) is 20.7. The van der Waals surface area contributed by atoms with E-state index < -0.39 is 22.0 Å². The Morgan fingerprint density at radius 1 is 1.18 bits per heavy atom. The SMILES string of the molecule is CCOc1ccc(N([C@@H](C)C(=O)N/N=C\c2ccc(C)cc2)S(C)(=O)=O)cc1. The van der Waals surface area contributed by atoms with Gasteiger partial charge in [0.05, 0.1) is 24.8 Å². The second-order valence-electron chi connectivity index (χ2n) is 6.31. The lowest BCUT2D eigenvalue weighted by Crippen LogP contribution is -2.46. The van der Waals surface area contributed by atoms with Gasteiger partial charge in [-0.25, -0.2) is 13.8 Å². The number of sulfonamides is 1. The third-order valence-electron chi connectivity index (χ3n) is 3.96. The van der Waals surface area contributed by atoms with Crippen molar-refractivity contribution in [2.24, 2.45) is 5.10 Å². The number of rotatable bonds is 8. The molecule has 0 aliphatic heterocycles. The predicted octanol–water partition coefficient (Wildman–Crippen LogP) is 2.70. The highest BCUT2D eigenvalue weighted by Crippen LogP contribution is 2.24. The summed E-state index contributed by atoms with van der Waals surface area (Å²) in [4.78, 5) is 12.5. The quantitative estimate of drug-likeness (QED) is 0.542. The molecule has 28 heavy (non-hydrogen) atoms. The van der Waals surface area contributed by atoms with E-state index >= 15 is 0 Å². The van der Waals surface area contributed by atoms with Gasteiger partial charge < -0.3 is 4.74 Å². The Morgan fingerprint density at radius 2 is 1.79 bits per heavy atom. The van der Waals surface area contributed by atoms with Gasteiger partial charge in [-0.1, -0.05) is 29.8 Å². The molecule has 2 aromatic carbocycles. The standard InChI is InChI=1S/C20H25N3O4S/c1-5-27-19-12-10-18(11-13-19)23(28(4,25)26)16(3)20(24)22-21-14-17-8-6-15(2)7-9-17/h6-14,16H,5H2,1-4H3,(H,22,24)/b21-14-/t16-/m0/s1. The second kappa shape index (κ2) is 9.36. The van der Waals surface area contributed by atoms with Crippen molar-refractivity contribution in [2.45, 2.75) is 26.8 Å². The highest BCUT2D eigenvalue weighted by atomic mass is 32.2. The first-order chi connectivity index (χ1) is 13.2. The summed E-state index contributed by atoms with van der Waals surface area (Å²) in [5.74, 6) is 0.0853. The molecule has 1 N–H and O–H groups in total. The van der Waals surface area contributed by atoms with Crippen LogP contribution in [0.25, 0.3) is 0 Å². The number of carbonyl (C=O) groups is 1. The highest BCUT2D eigenvalue weighted by Gasteiger charge is 2.29. The third kappa shape index (κ3) is 5.82. The minimum Gasteiger partial charge on any atom is -0.494 e. The number of nitrogens with one attached hydrogen (secondary N) is 1. The Balaban J connectivity index is 2.14. The topological polar surface area (TPSA) is 88.1 Å². The monoisotopic (exact) mass is 403 g/mol. The molecule has 0 saturated carbocycles. The van der Waals surface area contributed by atoms with Crippen LogP contribution in [0.4, 0.5) is 5.69 Å². The maximum Gasteiger partial charge on any atom is 0.263 e. The molecule has 0 unspecified atom stereocenters. The molecule has 0 spiro atoms. The van der Waals surface area contributed by atoms with Crippen LogP contribution in [0.1, 0.15) is 25.0 Å². The summed E-state index contributed by atoms with van der Waals surface area (Å²) in [5.41, 5.74) is 4.71. The number of anilines is 1. The summed E-state index contributed by atoms with van der Waals surface area (Å²) in [6, 6.07) is 13.2. The van der Waals surface area contributed by atoms with Crippen LogP contribution >= 0.6 is 0 Å². The Labute approximate surface area is 166 Å². The first kappa shape index (κ1) is 21.4. The molecule has 0 bridgehead atoms. The predicted molar refractivity (Wildman–Crippen MR) is 111 cm³/mol. The van der Waals surface area contributed by atoms with Crippen molar-refractivity contribution in [1.82, 2.24) is 5.43 Å². The molecule has 0 aromatic heterocycles. The number of aryl methyl sites for hydroxylation is 1. The van der Waals surface area contributed by atoms with Crippen molar-refractivity contribution in [3.8, 4) is 5.75 Å². The Kier molecular flexibility index (Phi) is 7.17. The van der Waals surface area contributed by atoms with Gasteiger partial charge in [-0.05, 0) is 50.6 Å². The molecule has 0 aliphatic rings. The van der Waals surface area contributed by atoms with Gasteiger partial charge >= 0.3 is 0 Å². The largest absolute Gasteiger partial charge is 0.494 e. The van der Waals surface area contributed by atoms with E-state index in [1.807, 2.05) is 38.1 Å². The minimum atomic E-state index is -3.69. The van der Waals surface area contributed by atoms with Crippen LogP contribution in [0.3, 0.4) is 0 Å². The van der Waals surface area contributed by atoms with Crippen molar-refractivity contribution in [1.29, 1.82) is 0 Å². The fourth-order valence-corrected chi connectivity index (χ4v) is 3.76. The molecule has 0 radical (unpaired) electrons. The van der Waals surface area contributed by atoms with Gasteiger partial charge in [-0.15, -0.1) is 0 Å². The van der Waals surface area contributed by atoms with Gasteiger partial charge in [-0.2, -0.15) is 5.10 Å². The van der Waals surface area contributed by atoms with E-state index in [2.05, 4.69) is 10.5 Å². The zero-order valence-electron chi connectivity index (χ0n) is 16.4. The van der Waals surface area contributed by atoms with E-state index in [1.54, 1.807) is 24.3 Å². The Hall–Kier alpha value is -2.87. The summed E-state index contributed by atoms with van der Waals surface area (Å²) in [6.07, 6.45) is 2.56. The van der Waals surface area contributed by atoms with Crippen LogP contribution in [0.5, 0.6) is 5.75 Å². The normalized spacial score (nSPS) is 12.6. The van der Waals surface area contributed by atoms with Crippen molar-refractivity contribution >= 4 is 27.8 Å². The number of benzene rings is 2. The summed E-state index contributed by atoms with van der Waals surface area (Å²) < 4.78 is 31.0. The van der Waals surface area contributed by atoms with E-state index in [9.17, 15) is 13.2 Å². The molecule has 7 nitrogen and oxygen atoms in total. The number of nitrogens with zero attached hydrogens (tertiary/aromatic N) is 2. The zero-order valence-corrected chi connectivity index (χ0v) is 17.2. The van der Waals surface area contributed by atoms with Crippen molar-refractivity contribution < 1.29 is 17.9 Å².